The van der Waals surface area contributed by atoms with E-state index in [2.05, 4.69) is 41.9 Å². The Morgan fingerprint density at radius 3 is 0.617 bits per heavy atom. The Labute approximate surface area is 629 Å². The Kier molecular flexibility index (Phi) is 40.0. The van der Waals surface area contributed by atoms with Crippen molar-refractivity contribution >= 4 is 70.9 Å². The zero-order valence-corrected chi connectivity index (χ0v) is 63.7. The number of hydrogen-bond donors (Lipinski definition) is 6. The molecule has 0 saturated heterocycles. The quantitative estimate of drug-likeness (QED) is 0.0195. The molecule has 0 radical (unpaired) electrons. The lowest BCUT2D eigenvalue weighted by molar-refractivity contribution is -0.124. The molecule has 0 bridgehead atoms. The Morgan fingerprint density at radius 1 is 0.262 bits per heavy atom. The molecule has 24 nitrogen and oxygen atoms in total. The summed E-state index contributed by atoms with van der Waals surface area (Å²) in [4.78, 5) is 158. The van der Waals surface area contributed by atoms with Gasteiger partial charge in [-0.3, -0.25) is 48.3 Å². The van der Waals surface area contributed by atoms with E-state index in [1.54, 1.807) is 24.3 Å². The van der Waals surface area contributed by atoms with Gasteiger partial charge in [-0.2, -0.15) is 0 Å². The van der Waals surface area contributed by atoms with Crippen LogP contribution < -0.4 is 31.9 Å². The van der Waals surface area contributed by atoms with Crippen molar-refractivity contribution in [1.82, 2.24) is 41.9 Å². The number of aromatic nitrogens is 2. The van der Waals surface area contributed by atoms with Gasteiger partial charge in [0.05, 0.1) is 36.3 Å². The van der Waals surface area contributed by atoms with E-state index in [4.69, 9.17) is 18.9 Å². The first-order valence-electron chi connectivity index (χ1n) is 36.5. The van der Waals surface area contributed by atoms with Gasteiger partial charge in [0, 0.05) is 74.4 Å². The number of carbonyl (C=O) groups excluding carboxylic acids is 12. The molecule has 107 heavy (non-hydrogen) atoms. The first kappa shape index (κ1) is 88.6. The zero-order valence-electron chi connectivity index (χ0n) is 63.7. The van der Waals surface area contributed by atoms with Crippen LogP contribution in [0.3, 0.4) is 0 Å². The normalized spacial score (nSPS) is 12.6. The molecule has 0 spiro atoms. The first-order valence-corrected chi connectivity index (χ1v) is 36.5. The van der Waals surface area contributed by atoms with Gasteiger partial charge in [0.15, 0.2) is 34.7 Å². The van der Waals surface area contributed by atoms with Crippen molar-refractivity contribution in [2.75, 3.05) is 0 Å². The summed E-state index contributed by atoms with van der Waals surface area (Å²) in [5.41, 5.74) is 4.26. The van der Waals surface area contributed by atoms with Crippen molar-refractivity contribution in [1.29, 1.82) is 0 Å². The van der Waals surface area contributed by atoms with Crippen LogP contribution in [0.4, 0.5) is 19.2 Å². The molecule has 6 rings (SSSR count). The lowest BCUT2D eigenvalue weighted by Gasteiger charge is -2.22. The maximum Gasteiger partial charge on any atom is 0.408 e. The van der Waals surface area contributed by atoms with E-state index in [1.807, 2.05) is 204 Å². The number of Topliss-reactive ketones (excluding diaryl/α,β-unsaturated/α-hetero) is 6. The standard InChI is InChI=1S/2C29H38N2O6.C25H32N4O4/c2*1-20(2)26(30-28(34)36-18-22-12-7-5-8-13-22)24(32)16-11-17-25(33)27(21(3)4)31-29(35)37-19-23-14-9-6-10-15-23;1-16(2)22(28-24(32)18-8-12-26-13-9-18)20(30)6-5-7-21(31)23(17(3)4)29-25(33)19-10-14-27-15-11-19/h2*5-10,12-15,20-21,26-27H,11,16-19H2,1-4H3,(H,30,34)(H,31,35);8-17,22-23H,5-7H2,1-4H3,(H,28,32)(H,29,33)/t2*26-,27-;22-,23-/m000/s1. The molecule has 6 atom stereocenters. The fourth-order valence-corrected chi connectivity index (χ4v) is 11.0. The molecule has 576 valence electrons. The summed E-state index contributed by atoms with van der Waals surface area (Å²) in [6.07, 6.45) is 5.21. The molecule has 0 aliphatic heterocycles. The van der Waals surface area contributed by atoms with Gasteiger partial charge in [0.1, 0.15) is 26.4 Å². The number of pyridine rings is 2. The second kappa shape index (κ2) is 48.4. The molecule has 0 saturated carbocycles. The van der Waals surface area contributed by atoms with Crippen LogP contribution in [0.25, 0.3) is 0 Å². The maximum absolute atomic E-state index is 12.8. The van der Waals surface area contributed by atoms with Crippen molar-refractivity contribution in [2.45, 2.75) is 204 Å². The Balaban J connectivity index is 0.000000340. The largest absolute Gasteiger partial charge is 0.445 e. The van der Waals surface area contributed by atoms with Crippen molar-refractivity contribution in [3.8, 4) is 0 Å². The van der Waals surface area contributed by atoms with E-state index in [9.17, 15) is 57.5 Å². The van der Waals surface area contributed by atoms with Crippen LogP contribution in [0.2, 0.25) is 0 Å². The third kappa shape index (κ3) is 34.3. The van der Waals surface area contributed by atoms with E-state index in [1.165, 1.54) is 24.8 Å². The number of alkyl carbamates (subject to hydrolysis) is 4. The van der Waals surface area contributed by atoms with Crippen molar-refractivity contribution < 1.29 is 76.5 Å². The second-order valence-corrected chi connectivity index (χ2v) is 27.9. The number of hydrogen-bond acceptors (Lipinski definition) is 18. The summed E-state index contributed by atoms with van der Waals surface area (Å²) < 4.78 is 20.9. The number of nitrogens with one attached hydrogen (secondary N) is 6. The fourth-order valence-electron chi connectivity index (χ4n) is 11.0. The second-order valence-electron chi connectivity index (χ2n) is 27.9. The minimum atomic E-state index is -0.717. The summed E-state index contributed by atoms with van der Waals surface area (Å²) in [7, 11) is 0. The highest BCUT2D eigenvalue weighted by Gasteiger charge is 2.31. The van der Waals surface area contributed by atoms with Gasteiger partial charge in [-0.15, -0.1) is 0 Å². The molecule has 2 aromatic heterocycles. The monoisotopic (exact) mass is 1470 g/mol. The third-order valence-electron chi connectivity index (χ3n) is 17.0. The number of ether oxygens (including phenoxy) is 4. The minimum absolute atomic E-state index is 0.0953. The number of ketones is 6. The highest BCUT2D eigenvalue weighted by atomic mass is 16.6. The van der Waals surface area contributed by atoms with Crippen LogP contribution in [-0.4, -0.2) is 117 Å². The summed E-state index contributed by atoms with van der Waals surface area (Å²) in [6, 6.07) is 39.3. The summed E-state index contributed by atoms with van der Waals surface area (Å²) in [6.45, 7) is 22.6. The summed E-state index contributed by atoms with van der Waals surface area (Å²) >= 11 is 0. The van der Waals surface area contributed by atoms with Crippen LogP contribution in [0, 0.1) is 35.5 Å². The molecule has 6 amide bonds. The van der Waals surface area contributed by atoms with E-state index in [-0.39, 0.29) is 147 Å². The molecule has 0 aliphatic carbocycles. The Hall–Kier alpha value is -10.8. The number of benzene rings is 4. The molecule has 0 unspecified atom stereocenters. The molecule has 6 N–H and O–H groups in total. The van der Waals surface area contributed by atoms with Crippen molar-refractivity contribution in [3.63, 3.8) is 0 Å². The number of carbonyl (C=O) groups is 12. The highest BCUT2D eigenvalue weighted by Crippen LogP contribution is 2.18. The predicted octanol–water partition coefficient (Wildman–Crippen LogP) is 13.4. The molecule has 2 heterocycles. The molecule has 6 aromatic rings. The van der Waals surface area contributed by atoms with Gasteiger partial charge in [0.2, 0.25) is 0 Å². The predicted molar refractivity (Wildman–Crippen MR) is 406 cm³/mol. The molecular formula is C83H108N8O16. The lowest BCUT2D eigenvalue weighted by atomic mass is 9.93. The number of amides is 6. The summed E-state index contributed by atoms with van der Waals surface area (Å²) in [5.74, 6) is -2.35. The van der Waals surface area contributed by atoms with E-state index in [0.29, 0.717) is 30.4 Å². The smallest absolute Gasteiger partial charge is 0.408 e. The highest BCUT2D eigenvalue weighted by molar-refractivity contribution is 5.99. The Bertz CT molecular complexity index is 3330. The molecule has 0 aliphatic rings. The van der Waals surface area contributed by atoms with Gasteiger partial charge in [0.25, 0.3) is 11.8 Å². The average Bonchev–Trinajstić information content (AvgIpc) is 0.894. The first-order chi connectivity index (χ1) is 51.0. The van der Waals surface area contributed by atoms with Crippen LogP contribution in [0.5, 0.6) is 0 Å². The molecule has 4 aromatic carbocycles. The van der Waals surface area contributed by atoms with Gasteiger partial charge in [-0.1, -0.05) is 204 Å². The zero-order chi connectivity index (χ0) is 78.8. The van der Waals surface area contributed by atoms with Crippen molar-refractivity contribution in [3.05, 3.63) is 204 Å². The van der Waals surface area contributed by atoms with E-state index in [0.717, 1.165) is 22.3 Å². The third-order valence-corrected chi connectivity index (χ3v) is 17.0. The SMILES string of the molecule is CC(C)[C@H](NC(=O)OCc1ccccc1)C(=O)CCCC(=O)[C@@H](NC(=O)OCc1ccccc1)C(C)C.CC(C)[C@H](NC(=O)OCc1ccccc1)C(=O)CCCC(=O)[C@@H](NC(=O)OCc1ccccc1)C(C)C.CC(C)[C@H](NC(=O)c1ccncc1)C(=O)CCCC(=O)[C@@H](NC(=O)c1ccncc1)C(C)C. The number of rotatable bonds is 40. The van der Waals surface area contributed by atoms with Crippen LogP contribution in [0.15, 0.2) is 170 Å². The maximum atomic E-state index is 12.8. The van der Waals surface area contributed by atoms with Gasteiger partial charge >= 0.3 is 24.4 Å². The van der Waals surface area contributed by atoms with Crippen molar-refractivity contribution in [2.24, 2.45) is 35.5 Å². The minimum Gasteiger partial charge on any atom is -0.445 e. The molecule has 0 fully saturated rings. The average molecular weight is 1470 g/mol. The van der Waals surface area contributed by atoms with E-state index < -0.39 is 60.6 Å². The lowest BCUT2D eigenvalue weighted by Crippen LogP contribution is -2.45. The van der Waals surface area contributed by atoms with Crippen LogP contribution in [0.1, 0.15) is 184 Å². The molecular weight excluding hydrogens is 1360 g/mol. The summed E-state index contributed by atoms with van der Waals surface area (Å²) in [5, 5.41) is 16.2. The van der Waals surface area contributed by atoms with Gasteiger partial charge in [-0.05, 0) is 101 Å². The Morgan fingerprint density at radius 2 is 0.439 bits per heavy atom. The van der Waals surface area contributed by atoms with Crippen LogP contribution >= 0.6 is 0 Å². The van der Waals surface area contributed by atoms with E-state index >= 15 is 0 Å². The number of nitrogens with zero attached hydrogens (tertiary/aromatic N) is 2. The van der Waals surface area contributed by atoms with Gasteiger partial charge < -0.3 is 50.8 Å². The van der Waals surface area contributed by atoms with Gasteiger partial charge in [-0.25, -0.2) is 19.2 Å². The topological polar surface area (TPSA) is 340 Å². The fraction of sp³-hybridized carbons (Fsp3) is 0.446. The van der Waals surface area contributed by atoms with Crippen LogP contribution in [-0.2, 0) is 74.1 Å². The molecule has 24 heteroatoms.